The van der Waals surface area contributed by atoms with Gasteiger partial charge in [-0.2, -0.15) is 5.06 Å². The standard InChI is InChI=1S/C30H33FN3O6P/c1-3-38-41(37,39-4-2)28-18-25(40-34(28)20-22-10-6-5-7-11-22)21-32-27-13-9-8-12-26(27)29(35)33(30(32)36)19-23-14-16-24(31)17-15-23/h5-17,25,28H,3-4,18-21H2,1-2H3. The van der Waals surface area contributed by atoms with Crippen LogP contribution in [0.1, 0.15) is 31.4 Å². The summed E-state index contributed by atoms with van der Waals surface area (Å²) in [6, 6.07) is 22.2. The number of halogens is 1. The molecular weight excluding hydrogens is 548 g/mol. The summed E-state index contributed by atoms with van der Waals surface area (Å²) in [4.78, 5) is 33.5. The monoisotopic (exact) mass is 581 g/mol. The van der Waals surface area contributed by atoms with Crippen molar-refractivity contribution >= 4 is 18.5 Å². The van der Waals surface area contributed by atoms with Gasteiger partial charge in [0, 0.05) is 6.42 Å². The van der Waals surface area contributed by atoms with Crippen molar-refractivity contribution in [1.29, 1.82) is 0 Å². The summed E-state index contributed by atoms with van der Waals surface area (Å²) >= 11 is 0. The van der Waals surface area contributed by atoms with E-state index < -0.39 is 36.5 Å². The van der Waals surface area contributed by atoms with Crippen LogP contribution >= 0.6 is 7.60 Å². The van der Waals surface area contributed by atoms with E-state index in [0.29, 0.717) is 23.0 Å². The number of hydrogen-bond acceptors (Lipinski definition) is 7. The van der Waals surface area contributed by atoms with Gasteiger partial charge in [-0.15, -0.1) is 0 Å². The molecule has 2 heterocycles. The summed E-state index contributed by atoms with van der Waals surface area (Å²) in [5, 5.41) is 2.01. The zero-order valence-electron chi connectivity index (χ0n) is 23.0. The molecule has 2 atom stereocenters. The first kappa shape index (κ1) is 29.1. The third kappa shape index (κ3) is 6.27. The van der Waals surface area contributed by atoms with E-state index in [-0.39, 0.29) is 32.7 Å². The highest BCUT2D eigenvalue weighted by molar-refractivity contribution is 7.54. The van der Waals surface area contributed by atoms with E-state index in [4.69, 9.17) is 13.9 Å². The van der Waals surface area contributed by atoms with Crippen LogP contribution in [0.4, 0.5) is 4.39 Å². The molecule has 1 saturated heterocycles. The van der Waals surface area contributed by atoms with Gasteiger partial charge in [0.1, 0.15) is 11.6 Å². The number of aromatic nitrogens is 2. The molecule has 0 N–H and O–H groups in total. The maximum absolute atomic E-state index is 13.9. The first-order valence-corrected chi connectivity index (χ1v) is 15.3. The fraction of sp³-hybridized carbons (Fsp3) is 0.333. The number of benzene rings is 3. The predicted molar refractivity (Wildman–Crippen MR) is 154 cm³/mol. The molecule has 41 heavy (non-hydrogen) atoms. The van der Waals surface area contributed by atoms with E-state index in [0.717, 1.165) is 10.1 Å². The van der Waals surface area contributed by atoms with Crippen LogP contribution in [-0.2, 0) is 38.1 Å². The van der Waals surface area contributed by atoms with Crippen molar-refractivity contribution in [2.24, 2.45) is 0 Å². The predicted octanol–water partition coefficient (Wildman–Crippen LogP) is 5.15. The molecule has 1 aliphatic rings. The lowest BCUT2D eigenvalue weighted by atomic mass is 10.2. The van der Waals surface area contributed by atoms with E-state index in [1.54, 1.807) is 55.3 Å². The van der Waals surface area contributed by atoms with Gasteiger partial charge in [0.2, 0.25) is 0 Å². The van der Waals surface area contributed by atoms with Crippen molar-refractivity contribution in [1.82, 2.24) is 14.2 Å². The Kier molecular flexibility index (Phi) is 8.97. The summed E-state index contributed by atoms with van der Waals surface area (Å²) < 4.78 is 41.4. The Balaban J connectivity index is 1.52. The van der Waals surface area contributed by atoms with Crippen LogP contribution in [0.3, 0.4) is 0 Å². The minimum Gasteiger partial charge on any atom is -0.308 e. The molecule has 0 amide bonds. The fourth-order valence-corrected chi connectivity index (χ4v) is 7.27. The number of nitrogens with zero attached hydrogens (tertiary/aromatic N) is 3. The second-order valence-corrected chi connectivity index (χ2v) is 12.0. The Hall–Kier alpha value is -3.40. The molecule has 0 saturated carbocycles. The summed E-state index contributed by atoms with van der Waals surface area (Å²) in [6.45, 7) is 4.36. The quantitative estimate of drug-likeness (QED) is 0.226. The number of hydroxylamine groups is 2. The second kappa shape index (κ2) is 12.6. The lowest BCUT2D eigenvalue weighted by Gasteiger charge is -2.28. The molecule has 0 radical (unpaired) electrons. The molecule has 0 bridgehead atoms. The molecular formula is C30H33FN3O6P. The largest absolute Gasteiger partial charge is 0.350 e. The van der Waals surface area contributed by atoms with Crippen molar-refractivity contribution in [2.75, 3.05) is 13.2 Å². The number of fused-ring (bicyclic) bond motifs is 1. The Morgan fingerprint density at radius 1 is 0.854 bits per heavy atom. The summed E-state index contributed by atoms with van der Waals surface area (Å²) in [5.74, 6) is -1.10. The molecule has 0 aliphatic carbocycles. The van der Waals surface area contributed by atoms with Crippen LogP contribution in [0.5, 0.6) is 0 Å². The molecule has 5 rings (SSSR count). The van der Waals surface area contributed by atoms with Gasteiger partial charge in [-0.3, -0.25) is 23.3 Å². The molecule has 216 valence electrons. The molecule has 4 aromatic rings. The first-order chi connectivity index (χ1) is 19.8. The Morgan fingerprint density at radius 3 is 2.17 bits per heavy atom. The first-order valence-electron chi connectivity index (χ1n) is 13.7. The van der Waals surface area contributed by atoms with Crippen LogP contribution in [0.25, 0.3) is 10.9 Å². The Morgan fingerprint density at radius 2 is 1.49 bits per heavy atom. The minimum atomic E-state index is -3.60. The van der Waals surface area contributed by atoms with Gasteiger partial charge in [0.25, 0.3) is 5.56 Å². The molecule has 11 heteroatoms. The number of rotatable bonds is 11. The Bertz CT molecular complexity index is 1650. The summed E-state index contributed by atoms with van der Waals surface area (Å²) in [5.41, 5.74) is 1.09. The maximum atomic E-state index is 13.9. The van der Waals surface area contributed by atoms with E-state index >= 15 is 0 Å². The van der Waals surface area contributed by atoms with Crippen LogP contribution in [0, 0.1) is 5.82 Å². The van der Waals surface area contributed by atoms with Crippen molar-refractivity contribution in [2.45, 2.75) is 51.8 Å². The molecule has 3 aromatic carbocycles. The van der Waals surface area contributed by atoms with Crippen LogP contribution in [0.15, 0.2) is 88.5 Å². The van der Waals surface area contributed by atoms with Gasteiger partial charge in [-0.05, 0) is 49.2 Å². The lowest BCUT2D eigenvalue weighted by Crippen LogP contribution is -2.42. The molecule has 1 aromatic heterocycles. The molecule has 1 fully saturated rings. The third-order valence-corrected chi connectivity index (χ3v) is 9.46. The highest BCUT2D eigenvalue weighted by atomic mass is 31.2. The highest BCUT2D eigenvalue weighted by Crippen LogP contribution is 2.58. The third-order valence-electron chi connectivity index (χ3n) is 7.03. The molecule has 0 spiro atoms. The second-order valence-electron chi connectivity index (χ2n) is 9.81. The molecule has 9 nitrogen and oxygen atoms in total. The van der Waals surface area contributed by atoms with Gasteiger partial charge in [0.05, 0.1) is 49.9 Å². The van der Waals surface area contributed by atoms with Gasteiger partial charge < -0.3 is 9.05 Å². The van der Waals surface area contributed by atoms with Crippen LogP contribution < -0.4 is 11.2 Å². The summed E-state index contributed by atoms with van der Waals surface area (Å²) in [6.07, 6.45) is -0.280. The smallest absolute Gasteiger partial charge is 0.308 e. The van der Waals surface area contributed by atoms with Gasteiger partial charge in [-0.1, -0.05) is 54.6 Å². The average Bonchev–Trinajstić information content (AvgIpc) is 3.38. The highest BCUT2D eigenvalue weighted by Gasteiger charge is 2.47. The fourth-order valence-electron chi connectivity index (χ4n) is 5.19. The van der Waals surface area contributed by atoms with E-state index in [2.05, 4.69) is 0 Å². The van der Waals surface area contributed by atoms with E-state index in [9.17, 15) is 18.5 Å². The van der Waals surface area contributed by atoms with Crippen LogP contribution in [-0.4, -0.2) is 39.3 Å². The number of para-hydroxylation sites is 1. The lowest BCUT2D eigenvalue weighted by molar-refractivity contribution is -0.164. The maximum Gasteiger partial charge on any atom is 0.350 e. The van der Waals surface area contributed by atoms with E-state index in [1.807, 2.05) is 30.3 Å². The summed E-state index contributed by atoms with van der Waals surface area (Å²) in [7, 11) is -3.60. The SMILES string of the molecule is CCOP(=O)(OCC)C1CC(Cn2c(=O)n(Cc3ccc(F)cc3)c(=O)c3ccccc32)ON1Cc1ccccc1. The van der Waals surface area contributed by atoms with Crippen molar-refractivity contribution in [3.05, 3.63) is 117 Å². The van der Waals surface area contributed by atoms with E-state index in [1.165, 1.54) is 16.7 Å². The Labute approximate surface area is 237 Å². The zero-order chi connectivity index (χ0) is 29.0. The zero-order valence-corrected chi connectivity index (χ0v) is 23.9. The van der Waals surface area contributed by atoms with Crippen molar-refractivity contribution in [3.63, 3.8) is 0 Å². The van der Waals surface area contributed by atoms with Crippen molar-refractivity contribution in [3.8, 4) is 0 Å². The van der Waals surface area contributed by atoms with Crippen molar-refractivity contribution < 1.29 is 22.8 Å². The molecule has 1 aliphatic heterocycles. The van der Waals surface area contributed by atoms with Gasteiger partial charge in [-0.25, -0.2) is 9.18 Å². The number of hydrogen-bond donors (Lipinski definition) is 0. The minimum absolute atomic E-state index is 0.0130. The normalized spacial score (nSPS) is 17.8. The van der Waals surface area contributed by atoms with Gasteiger partial charge in [0.15, 0.2) is 0 Å². The van der Waals surface area contributed by atoms with Gasteiger partial charge >= 0.3 is 13.3 Å². The topological polar surface area (TPSA) is 92.0 Å². The average molecular weight is 582 g/mol. The molecule has 2 unspecified atom stereocenters. The van der Waals surface area contributed by atoms with Crippen LogP contribution in [0.2, 0.25) is 0 Å².